The largest absolute Gasteiger partial charge is 0.466 e. The Bertz CT molecular complexity index is 444. The van der Waals surface area contributed by atoms with Crippen molar-refractivity contribution in [3.8, 4) is 0 Å². The zero-order valence-corrected chi connectivity index (χ0v) is 15.0. The Morgan fingerprint density at radius 3 is 1.72 bits per heavy atom. The van der Waals surface area contributed by atoms with Crippen LogP contribution >= 0.6 is 0 Å². The fourth-order valence-electron chi connectivity index (χ4n) is 2.97. The molecule has 0 heterocycles. The second-order valence-electron chi connectivity index (χ2n) is 6.45. The molecule has 0 bridgehead atoms. The highest BCUT2D eigenvalue weighted by Crippen LogP contribution is 2.36. The van der Waals surface area contributed by atoms with Crippen LogP contribution in [-0.2, 0) is 23.9 Å². The number of carbonyl (C=O) groups excluding carboxylic acids is 3. The van der Waals surface area contributed by atoms with Crippen molar-refractivity contribution in [3.05, 3.63) is 0 Å². The van der Waals surface area contributed by atoms with Crippen LogP contribution in [0.5, 0.6) is 0 Å². The molecule has 0 atom stereocenters. The number of rotatable bonds is 4. The van der Waals surface area contributed by atoms with Crippen molar-refractivity contribution in [1.29, 1.82) is 0 Å². The molecule has 0 aromatic rings. The number of halogens is 2. The second kappa shape index (κ2) is 10.5. The van der Waals surface area contributed by atoms with Crippen molar-refractivity contribution >= 4 is 17.7 Å². The number of hydrogen-bond acceptors (Lipinski definition) is 5. The number of ether oxygens (including phenoxy) is 2. The third-order valence-corrected chi connectivity index (χ3v) is 4.50. The van der Waals surface area contributed by atoms with E-state index in [0.29, 0.717) is 38.9 Å². The summed E-state index contributed by atoms with van der Waals surface area (Å²) >= 11 is 0. The highest BCUT2D eigenvalue weighted by atomic mass is 19.3. The Morgan fingerprint density at radius 1 is 0.920 bits per heavy atom. The van der Waals surface area contributed by atoms with E-state index in [4.69, 9.17) is 9.47 Å². The lowest BCUT2D eigenvalue weighted by Gasteiger charge is -2.26. The fraction of sp³-hybridized carbons (Fsp3) is 0.833. The number of carbonyl (C=O) groups is 3. The Hall–Kier alpha value is -1.53. The molecule has 2 aliphatic rings. The van der Waals surface area contributed by atoms with E-state index < -0.39 is 5.92 Å². The van der Waals surface area contributed by atoms with Crippen LogP contribution in [0.4, 0.5) is 8.78 Å². The van der Waals surface area contributed by atoms with Crippen LogP contribution in [0.25, 0.3) is 0 Å². The van der Waals surface area contributed by atoms with Gasteiger partial charge in [-0.2, -0.15) is 0 Å². The standard InChI is InChI=1S/C9H14F2O2.C9H14O3/c1-2-13-8(12)7-3-5-9(10,11)6-4-7;1-2-12-9(11)7-3-5-8(10)6-4-7/h7H,2-6H2,1H3;7H,2-6H2,1H3. The maximum absolute atomic E-state index is 12.7. The van der Waals surface area contributed by atoms with Crippen LogP contribution in [0, 0.1) is 11.8 Å². The topological polar surface area (TPSA) is 69.7 Å². The molecule has 0 unspecified atom stereocenters. The molecule has 0 saturated heterocycles. The summed E-state index contributed by atoms with van der Waals surface area (Å²) in [6.45, 7) is 4.27. The van der Waals surface area contributed by atoms with E-state index in [1.807, 2.05) is 0 Å². The zero-order chi connectivity index (χ0) is 18.9. The molecule has 0 spiro atoms. The summed E-state index contributed by atoms with van der Waals surface area (Å²) in [6, 6.07) is 0. The first kappa shape index (κ1) is 21.5. The van der Waals surface area contributed by atoms with Gasteiger partial charge in [0, 0.05) is 25.7 Å². The summed E-state index contributed by atoms with van der Waals surface area (Å²) in [4.78, 5) is 33.2. The average molecular weight is 362 g/mol. The lowest BCUT2D eigenvalue weighted by atomic mass is 9.87. The first-order valence-corrected chi connectivity index (χ1v) is 9.01. The van der Waals surface area contributed by atoms with Crippen molar-refractivity contribution in [2.24, 2.45) is 11.8 Å². The number of esters is 2. The predicted molar refractivity (Wildman–Crippen MR) is 87.1 cm³/mol. The molecule has 0 aromatic carbocycles. The smallest absolute Gasteiger partial charge is 0.308 e. The molecule has 2 fully saturated rings. The summed E-state index contributed by atoms with van der Waals surface area (Å²) in [7, 11) is 0. The molecule has 2 aliphatic carbocycles. The molecule has 5 nitrogen and oxygen atoms in total. The molecular weight excluding hydrogens is 334 g/mol. The minimum absolute atomic E-state index is 0.0253. The summed E-state index contributed by atoms with van der Waals surface area (Å²) < 4.78 is 35.0. The van der Waals surface area contributed by atoms with Crippen LogP contribution in [0.15, 0.2) is 0 Å². The molecule has 7 heteroatoms. The third kappa shape index (κ3) is 7.92. The Morgan fingerprint density at radius 2 is 1.32 bits per heavy atom. The van der Waals surface area contributed by atoms with Gasteiger partial charge in [0.2, 0.25) is 5.92 Å². The molecule has 25 heavy (non-hydrogen) atoms. The lowest BCUT2D eigenvalue weighted by Crippen LogP contribution is -2.29. The van der Waals surface area contributed by atoms with Crippen molar-refractivity contribution < 1.29 is 32.6 Å². The third-order valence-electron chi connectivity index (χ3n) is 4.50. The van der Waals surface area contributed by atoms with Crippen molar-refractivity contribution in [2.45, 2.75) is 71.1 Å². The van der Waals surface area contributed by atoms with Gasteiger partial charge in [0.15, 0.2) is 0 Å². The fourth-order valence-corrected chi connectivity index (χ4v) is 2.97. The van der Waals surface area contributed by atoms with E-state index >= 15 is 0 Å². The van der Waals surface area contributed by atoms with Gasteiger partial charge in [-0.25, -0.2) is 8.78 Å². The summed E-state index contributed by atoms with van der Waals surface area (Å²) in [6.07, 6.45) is 2.59. The maximum atomic E-state index is 12.7. The summed E-state index contributed by atoms with van der Waals surface area (Å²) in [5.74, 6) is -3.08. The van der Waals surface area contributed by atoms with E-state index in [0.717, 1.165) is 0 Å². The van der Waals surface area contributed by atoms with Gasteiger partial charge in [0.05, 0.1) is 25.0 Å². The van der Waals surface area contributed by atoms with E-state index in [1.54, 1.807) is 13.8 Å². The summed E-state index contributed by atoms with van der Waals surface area (Å²) in [5.41, 5.74) is 0. The molecule has 144 valence electrons. The number of alkyl halides is 2. The van der Waals surface area contributed by atoms with Crippen LogP contribution in [0.2, 0.25) is 0 Å². The Balaban J connectivity index is 0.000000251. The lowest BCUT2D eigenvalue weighted by molar-refractivity contribution is -0.152. The number of hydrogen-bond donors (Lipinski definition) is 0. The first-order chi connectivity index (χ1) is 11.8. The molecule has 0 aromatic heterocycles. The number of ketones is 1. The van der Waals surface area contributed by atoms with Gasteiger partial charge in [-0.15, -0.1) is 0 Å². The quantitative estimate of drug-likeness (QED) is 0.714. The normalized spacial score (nSPS) is 21.0. The Labute approximate surface area is 147 Å². The Kier molecular flexibility index (Phi) is 9.00. The first-order valence-electron chi connectivity index (χ1n) is 9.01. The highest BCUT2D eigenvalue weighted by Gasteiger charge is 2.37. The highest BCUT2D eigenvalue weighted by molar-refractivity contribution is 5.82. The molecule has 0 amide bonds. The van der Waals surface area contributed by atoms with Crippen molar-refractivity contribution in [1.82, 2.24) is 0 Å². The van der Waals surface area contributed by atoms with E-state index in [-0.39, 0.29) is 55.2 Å². The predicted octanol–water partition coefficient (Wildman–Crippen LogP) is 3.68. The second-order valence-corrected chi connectivity index (χ2v) is 6.45. The molecular formula is C18H28F2O5. The van der Waals surface area contributed by atoms with E-state index in [1.165, 1.54) is 0 Å². The van der Waals surface area contributed by atoms with Gasteiger partial charge < -0.3 is 9.47 Å². The summed E-state index contributed by atoms with van der Waals surface area (Å²) in [5, 5.41) is 0. The minimum Gasteiger partial charge on any atom is -0.466 e. The average Bonchev–Trinajstić information content (AvgIpc) is 2.56. The SMILES string of the molecule is CCOC(=O)C1CCC(=O)CC1.CCOC(=O)C1CCC(F)(F)CC1. The van der Waals surface area contributed by atoms with E-state index in [2.05, 4.69) is 0 Å². The van der Waals surface area contributed by atoms with Crippen molar-refractivity contribution in [2.75, 3.05) is 13.2 Å². The maximum Gasteiger partial charge on any atom is 0.308 e. The van der Waals surface area contributed by atoms with Gasteiger partial charge in [0.25, 0.3) is 0 Å². The van der Waals surface area contributed by atoms with Gasteiger partial charge in [0.1, 0.15) is 5.78 Å². The van der Waals surface area contributed by atoms with Crippen molar-refractivity contribution in [3.63, 3.8) is 0 Å². The number of Topliss-reactive ketones (excluding diaryl/α,β-unsaturated/α-hetero) is 1. The zero-order valence-electron chi connectivity index (χ0n) is 15.0. The molecule has 0 N–H and O–H groups in total. The van der Waals surface area contributed by atoms with Gasteiger partial charge >= 0.3 is 11.9 Å². The minimum atomic E-state index is -2.57. The van der Waals surface area contributed by atoms with E-state index in [9.17, 15) is 23.2 Å². The monoisotopic (exact) mass is 362 g/mol. The van der Waals surface area contributed by atoms with Gasteiger partial charge in [-0.1, -0.05) is 0 Å². The molecule has 2 saturated carbocycles. The molecule has 2 rings (SSSR count). The molecule has 0 radical (unpaired) electrons. The van der Waals surface area contributed by atoms with Crippen LogP contribution in [0.1, 0.15) is 65.2 Å². The van der Waals surface area contributed by atoms with Crippen LogP contribution in [0.3, 0.4) is 0 Å². The van der Waals surface area contributed by atoms with Crippen LogP contribution in [-0.4, -0.2) is 36.9 Å². The van der Waals surface area contributed by atoms with Gasteiger partial charge in [-0.3, -0.25) is 14.4 Å². The van der Waals surface area contributed by atoms with Gasteiger partial charge in [-0.05, 0) is 39.5 Å². The molecule has 0 aliphatic heterocycles. The van der Waals surface area contributed by atoms with Crippen LogP contribution < -0.4 is 0 Å².